The average molecular weight is 376 g/mol. The Morgan fingerprint density at radius 2 is 1.75 bits per heavy atom. The van der Waals surface area contributed by atoms with Gasteiger partial charge in [0.25, 0.3) is 0 Å². The van der Waals surface area contributed by atoms with Crippen molar-refractivity contribution in [3.63, 3.8) is 0 Å². The van der Waals surface area contributed by atoms with E-state index < -0.39 is 0 Å². The van der Waals surface area contributed by atoms with Crippen LogP contribution in [0.25, 0.3) is 0 Å². The van der Waals surface area contributed by atoms with Crippen LogP contribution in [0.1, 0.15) is 0 Å². The molecular weight excluding hydrogens is 365 g/mol. The molecule has 1 aromatic carbocycles. The van der Waals surface area contributed by atoms with Crippen LogP contribution in [0.3, 0.4) is 0 Å². The lowest BCUT2D eigenvalue weighted by atomic mass is 10.3. The van der Waals surface area contributed by atoms with Crippen molar-refractivity contribution in [1.29, 1.82) is 0 Å². The second kappa shape index (κ2) is 8.91. The van der Waals surface area contributed by atoms with E-state index in [0.717, 1.165) is 5.57 Å². The van der Waals surface area contributed by atoms with Crippen molar-refractivity contribution in [1.82, 2.24) is 0 Å². The molecule has 7 heteroatoms. The van der Waals surface area contributed by atoms with Crippen molar-refractivity contribution in [2.75, 3.05) is 19.1 Å². The Labute approximate surface area is 142 Å². The van der Waals surface area contributed by atoms with E-state index in [2.05, 4.69) is 6.58 Å². The van der Waals surface area contributed by atoms with Crippen LogP contribution in [0.15, 0.2) is 34.9 Å². The predicted molar refractivity (Wildman–Crippen MR) is 87.1 cm³/mol. The molecule has 0 bridgehead atoms. The zero-order valence-electron chi connectivity index (χ0n) is 10.3. The lowest BCUT2D eigenvalue weighted by Crippen LogP contribution is -2.02. The van der Waals surface area contributed by atoms with Crippen molar-refractivity contribution in [3.05, 3.63) is 44.9 Å². The quantitative estimate of drug-likeness (QED) is 0.438. The van der Waals surface area contributed by atoms with Gasteiger partial charge in [0, 0.05) is 18.0 Å². The van der Waals surface area contributed by atoms with Gasteiger partial charge in [-0.15, -0.1) is 11.6 Å². The number of benzene rings is 1. The maximum atomic E-state index is 6.08. The van der Waals surface area contributed by atoms with Crippen LogP contribution in [0, 0.1) is 0 Å². The van der Waals surface area contributed by atoms with Crippen molar-refractivity contribution < 1.29 is 9.47 Å². The maximum Gasteiger partial charge on any atom is 0.157 e. The van der Waals surface area contributed by atoms with E-state index >= 15 is 0 Å². The Morgan fingerprint density at radius 1 is 1.15 bits per heavy atom. The van der Waals surface area contributed by atoms with Crippen molar-refractivity contribution >= 4 is 58.0 Å². The normalized spacial score (nSPS) is 10.1. The summed E-state index contributed by atoms with van der Waals surface area (Å²) in [4.78, 5) is 0. The molecule has 0 amide bonds. The molecule has 20 heavy (non-hydrogen) atoms. The molecule has 0 N–H and O–H groups in total. The van der Waals surface area contributed by atoms with E-state index in [1.54, 1.807) is 12.1 Å². The molecule has 0 heterocycles. The van der Waals surface area contributed by atoms with E-state index in [0.29, 0.717) is 27.4 Å². The Balaban J connectivity index is 2.75. The molecule has 0 unspecified atom stereocenters. The van der Waals surface area contributed by atoms with E-state index in [-0.39, 0.29) is 17.7 Å². The average Bonchev–Trinajstić information content (AvgIpc) is 2.37. The molecule has 110 valence electrons. The summed E-state index contributed by atoms with van der Waals surface area (Å²) in [5.41, 5.74) is 0.723. The summed E-state index contributed by atoms with van der Waals surface area (Å²) in [5, 5.41) is 0.659. The van der Waals surface area contributed by atoms with Crippen molar-refractivity contribution in [3.8, 4) is 11.5 Å². The van der Waals surface area contributed by atoms with Gasteiger partial charge in [-0.2, -0.15) is 0 Å². The third-order valence-corrected chi connectivity index (χ3v) is 3.32. The lowest BCUT2D eigenvalue weighted by molar-refractivity contribution is 0.347. The molecule has 0 saturated carbocycles. The van der Waals surface area contributed by atoms with E-state index in [9.17, 15) is 0 Å². The first kappa shape index (κ1) is 17.8. The zero-order chi connectivity index (χ0) is 15.1. The van der Waals surface area contributed by atoms with Crippen LogP contribution in [0.5, 0.6) is 11.5 Å². The Bertz CT molecular complexity index is 486. The van der Waals surface area contributed by atoms with Crippen molar-refractivity contribution in [2.45, 2.75) is 0 Å². The van der Waals surface area contributed by atoms with Crippen LogP contribution in [-0.4, -0.2) is 19.1 Å². The summed E-state index contributed by atoms with van der Waals surface area (Å²) in [5.74, 6) is 1.15. The summed E-state index contributed by atoms with van der Waals surface area (Å²) in [6.07, 6.45) is 1.50. The fourth-order valence-corrected chi connectivity index (χ4v) is 1.95. The van der Waals surface area contributed by atoms with Gasteiger partial charge in [0.15, 0.2) is 5.75 Å². The summed E-state index contributed by atoms with van der Waals surface area (Å²) in [6, 6.07) is 3.17. The third-order valence-electron chi connectivity index (χ3n) is 2.07. The van der Waals surface area contributed by atoms with Crippen LogP contribution in [0.2, 0.25) is 10.0 Å². The molecule has 0 aliphatic carbocycles. The largest absolute Gasteiger partial charge is 0.489 e. The first-order valence-corrected chi connectivity index (χ1v) is 7.47. The molecule has 0 aliphatic heterocycles. The lowest BCUT2D eigenvalue weighted by Gasteiger charge is -2.12. The van der Waals surface area contributed by atoms with Crippen LogP contribution < -0.4 is 9.47 Å². The second-order valence-electron chi connectivity index (χ2n) is 3.69. The number of ether oxygens (including phenoxy) is 2. The minimum atomic E-state index is 0.127. The molecular formula is C13H11Cl5O2. The molecule has 0 spiro atoms. The monoisotopic (exact) mass is 374 g/mol. The topological polar surface area (TPSA) is 18.5 Å². The molecule has 0 radical (unpaired) electrons. The second-order valence-corrected chi connectivity index (χ2v) is 5.78. The zero-order valence-corrected chi connectivity index (χ0v) is 14.0. The van der Waals surface area contributed by atoms with Gasteiger partial charge in [-0.1, -0.05) is 53.0 Å². The first-order chi connectivity index (χ1) is 9.43. The standard InChI is InChI=1S/C13H11Cl5O2/c1-8(6-14)7-20-13-10(15)4-9(5-11(13)16)19-3-2-12(17)18/h2,4-5H,1,3,6-7H2. The van der Waals surface area contributed by atoms with Gasteiger partial charge in [0.2, 0.25) is 0 Å². The van der Waals surface area contributed by atoms with Gasteiger partial charge in [-0.05, 0) is 11.6 Å². The molecule has 0 saturated heterocycles. The molecule has 1 aromatic rings. The van der Waals surface area contributed by atoms with Crippen LogP contribution >= 0.6 is 58.0 Å². The highest BCUT2D eigenvalue weighted by Crippen LogP contribution is 2.37. The van der Waals surface area contributed by atoms with Gasteiger partial charge in [-0.3, -0.25) is 0 Å². The number of halogens is 5. The van der Waals surface area contributed by atoms with E-state index in [4.69, 9.17) is 67.5 Å². The van der Waals surface area contributed by atoms with E-state index in [1.807, 2.05) is 0 Å². The summed E-state index contributed by atoms with van der Waals surface area (Å²) in [6.45, 7) is 4.17. The number of hydrogen-bond acceptors (Lipinski definition) is 2. The number of alkyl halides is 1. The minimum absolute atomic E-state index is 0.127. The van der Waals surface area contributed by atoms with Crippen molar-refractivity contribution in [2.24, 2.45) is 0 Å². The van der Waals surface area contributed by atoms with Crippen LogP contribution in [-0.2, 0) is 0 Å². The number of hydrogen-bond donors (Lipinski definition) is 0. The predicted octanol–water partition coefficient (Wildman–Crippen LogP) is 5.87. The molecule has 2 nitrogen and oxygen atoms in total. The fourth-order valence-electron chi connectivity index (χ4n) is 1.17. The van der Waals surface area contributed by atoms with Gasteiger partial charge >= 0.3 is 0 Å². The number of rotatable bonds is 7. The first-order valence-electron chi connectivity index (χ1n) is 5.42. The smallest absolute Gasteiger partial charge is 0.157 e. The van der Waals surface area contributed by atoms with Gasteiger partial charge < -0.3 is 9.47 Å². The molecule has 0 aliphatic rings. The van der Waals surface area contributed by atoms with Gasteiger partial charge in [-0.25, -0.2) is 0 Å². The molecule has 0 aromatic heterocycles. The van der Waals surface area contributed by atoms with Gasteiger partial charge in [0.1, 0.15) is 23.5 Å². The highest BCUT2D eigenvalue weighted by atomic mass is 35.5. The highest BCUT2D eigenvalue weighted by molar-refractivity contribution is 6.55. The Kier molecular flexibility index (Phi) is 7.93. The Hall–Kier alpha value is -0.250. The minimum Gasteiger partial charge on any atom is -0.489 e. The third kappa shape index (κ3) is 6.02. The van der Waals surface area contributed by atoms with Gasteiger partial charge in [0.05, 0.1) is 10.0 Å². The molecule has 1 rings (SSSR count). The Morgan fingerprint density at radius 3 is 2.25 bits per heavy atom. The summed E-state index contributed by atoms with van der Waals surface area (Å²) < 4.78 is 11.0. The van der Waals surface area contributed by atoms with E-state index in [1.165, 1.54) is 6.08 Å². The molecule has 0 atom stereocenters. The SMILES string of the molecule is C=C(CCl)COc1c(Cl)cc(OCC=C(Cl)Cl)cc1Cl. The summed E-state index contributed by atoms with van der Waals surface area (Å²) >= 11 is 28.7. The summed E-state index contributed by atoms with van der Waals surface area (Å²) in [7, 11) is 0. The highest BCUT2D eigenvalue weighted by Gasteiger charge is 2.11. The molecule has 0 fully saturated rings. The fraction of sp³-hybridized carbons (Fsp3) is 0.231. The maximum absolute atomic E-state index is 6.08. The van der Waals surface area contributed by atoms with Crippen LogP contribution in [0.4, 0.5) is 0 Å².